The zero-order valence-electron chi connectivity index (χ0n) is 11.0. The summed E-state index contributed by atoms with van der Waals surface area (Å²) in [5.74, 6) is 1.19. The minimum Gasteiger partial charge on any atom is -0.390 e. The molecule has 0 fully saturated rings. The van der Waals surface area contributed by atoms with Gasteiger partial charge in [0, 0.05) is 11.3 Å². The Kier molecular flexibility index (Phi) is 3.72. The van der Waals surface area contributed by atoms with Crippen LogP contribution in [0.3, 0.4) is 0 Å². The summed E-state index contributed by atoms with van der Waals surface area (Å²) in [4.78, 5) is 8.74. The topological polar surface area (TPSA) is 46.0 Å². The Hall–Kier alpha value is -1.74. The van der Waals surface area contributed by atoms with E-state index in [1.807, 2.05) is 19.1 Å². The molecule has 0 aliphatic rings. The summed E-state index contributed by atoms with van der Waals surface area (Å²) < 4.78 is 0. The molecule has 1 N–H and O–H groups in total. The van der Waals surface area contributed by atoms with Crippen LogP contribution in [0.4, 0.5) is 0 Å². The Bertz CT molecular complexity index is 533. The minimum absolute atomic E-state index is 0.0551. The van der Waals surface area contributed by atoms with E-state index in [2.05, 4.69) is 35.9 Å². The minimum atomic E-state index is -0.0551. The second kappa shape index (κ2) is 5.27. The molecule has 0 saturated heterocycles. The number of aliphatic hydroxyl groups is 1. The molecule has 1 aromatic heterocycles. The molecular formula is C15H18N2O. The third kappa shape index (κ3) is 2.74. The fourth-order valence-corrected chi connectivity index (χ4v) is 1.86. The summed E-state index contributed by atoms with van der Waals surface area (Å²) in [6, 6.07) is 10.1. The summed E-state index contributed by atoms with van der Waals surface area (Å²) >= 11 is 0. The second-order valence-corrected chi connectivity index (χ2v) is 4.76. The van der Waals surface area contributed by atoms with E-state index < -0.39 is 0 Å². The quantitative estimate of drug-likeness (QED) is 0.899. The highest BCUT2D eigenvalue weighted by Crippen LogP contribution is 2.20. The summed E-state index contributed by atoms with van der Waals surface area (Å²) in [6.45, 7) is 6.19. The molecule has 0 bridgehead atoms. The molecule has 0 radical (unpaired) electrons. The SMILES string of the molecule is Cc1cc(CO)nc(-c2ccc(C(C)C)cc2)n1. The van der Waals surface area contributed by atoms with Gasteiger partial charge in [-0.05, 0) is 24.5 Å². The molecule has 3 nitrogen and oxygen atoms in total. The summed E-state index contributed by atoms with van der Waals surface area (Å²) in [7, 11) is 0. The normalized spacial score (nSPS) is 10.9. The van der Waals surface area contributed by atoms with Crippen molar-refractivity contribution in [2.45, 2.75) is 33.3 Å². The van der Waals surface area contributed by atoms with Crippen molar-refractivity contribution in [1.82, 2.24) is 9.97 Å². The van der Waals surface area contributed by atoms with Crippen LogP contribution in [0.15, 0.2) is 30.3 Å². The Morgan fingerprint density at radius 2 is 1.78 bits per heavy atom. The summed E-state index contributed by atoms with van der Waals surface area (Å²) in [5.41, 5.74) is 3.81. The lowest BCUT2D eigenvalue weighted by molar-refractivity contribution is 0.276. The van der Waals surface area contributed by atoms with Crippen LogP contribution in [0.1, 0.15) is 36.7 Å². The maximum atomic E-state index is 9.16. The van der Waals surface area contributed by atoms with Crippen molar-refractivity contribution in [3.05, 3.63) is 47.3 Å². The monoisotopic (exact) mass is 242 g/mol. The van der Waals surface area contributed by atoms with Crippen LogP contribution in [0.5, 0.6) is 0 Å². The number of hydrogen-bond acceptors (Lipinski definition) is 3. The van der Waals surface area contributed by atoms with Crippen LogP contribution in [0.2, 0.25) is 0 Å². The van der Waals surface area contributed by atoms with Crippen LogP contribution < -0.4 is 0 Å². The van der Waals surface area contributed by atoms with Crippen LogP contribution in [-0.4, -0.2) is 15.1 Å². The molecule has 2 rings (SSSR count). The van der Waals surface area contributed by atoms with E-state index in [4.69, 9.17) is 5.11 Å². The van der Waals surface area contributed by atoms with Gasteiger partial charge in [-0.1, -0.05) is 38.1 Å². The third-order valence-electron chi connectivity index (χ3n) is 2.90. The molecule has 94 valence electrons. The number of aromatic nitrogens is 2. The maximum absolute atomic E-state index is 9.16. The molecule has 0 amide bonds. The lowest BCUT2D eigenvalue weighted by Gasteiger charge is -2.07. The molecule has 0 aliphatic carbocycles. The number of benzene rings is 1. The summed E-state index contributed by atoms with van der Waals surface area (Å²) in [6.07, 6.45) is 0. The van der Waals surface area contributed by atoms with Crippen LogP contribution in [-0.2, 0) is 6.61 Å². The summed E-state index contributed by atoms with van der Waals surface area (Å²) in [5, 5.41) is 9.16. The van der Waals surface area contributed by atoms with E-state index in [1.165, 1.54) is 5.56 Å². The number of aliphatic hydroxyl groups excluding tert-OH is 1. The van der Waals surface area contributed by atoms with Gasteiger partial charge in [0.1, 0.15) is 0 Å². The smallest absolute Gasteiger partial charge is 0.159 e. The van der Waals surface area contributed by atoms with Crippen molar-refractivity contribution in [1.29, 1.82) is 0 Å². The van der Waals surface area contributed by atoms with Gasteiger partial charge in [0.25, 0.3) is 0 Å². The second-order valence-electron chi connectivity index (χ2n) is 4.76. The van der Waals surface area contributed by atoms with E-state index >= 15 is 0 Å². The Labute approximate surface area is 108 Å². The molecular weight excluding hydrogens is 224 g/mol. The Balaban J connectivity index is 2.39. The van der Waals surface area contributed by atoms with Crippen molar-refractivity contribution >= 4 is 0 Å². The van der Waals surface area contributed by atoms with Gasteiger partial charge >= 0.3 is 0 Å². The fraction of sp³-hybridized carbons (Fsp3) is 0.333. The first-order valence-corrected chi connectivity index (χ1v) is 6.16. The molecule has 2 aromatic rings. The van der Waals surface area contributed by atoms with Crippen LogP contribution in [0, 0.1) is 6.92 Å². The van der Waals surface area contributed by atoms with Crippen LogP contribution >= 0.6 is 0 Å². The first kappa shape index (κ1) is 12.7. The predicted octanol–water partition coefficient (Wildman–Crippen LogP) is 3.07. The average Bonchev–Trinajstić information content (AvgIpc) is 2.38. The maximum Gasteiger partial charge on any atom is 0.159 e. The molecule has 0 spiro atoms. The van der Waals surface area contributed by atoms with Crippen molar-refractivity contribution in [2.24, 2.45) is 0 Å². The van der Waals surface area contributed by atoms with E-state index in [1.54, 1.807) is 6.07 Å². The van der Waals surface area contributed by atoms with Gasteiger partial charge in [-0.25, -0.2) is 9.97 Å². The predicted molar refractivity (Wildman–Crippen MR) is 72.2 cm³/mol. The molecule has 3 heteroatoms. The largest absolute Gasteiger partial charge is 0.390 e. The fourth-order valence-electron chi connectivity index (χ4n) is 1.86. The van der Waals surface area contributed by atoms with Crippen LogP contribution in [0.25, 0.3) is 11.4 Å². The van der Waals surface area contributed by atoms with E-state index in [0.717, 1.165) is 11.3 Å². The molecule has 0 unspecified atom stereocenters. The standard InChI is InChI=1S/C15H18N2O/c1-10(2)12-4-6-13(7-5-12)15-16-11(3)8-14(9-18)17-15/h4-8,10,18H,9H2,1-3H3. The number of rotatable bonds is 3. The van der Waals surface area contributed by atoms with Crippen molar-refractivity contribution in [3.63, 3.8) is 0 Å². The molecule has 18 heavy (non-hydrogen) atoms. The van der Waals surface area contributed by atoms with E-state index in [0.29, 0.717) is 17.4 Å². The first-order chi connectivity index (χ1) is 8.60. The lowest BCUT2D eigenvalue weighted by Crippen LogP contribution is -1.98. The Morgan fingerprint density at radius 1 is 1.11 bits per heavy atom. The molecule has 1 heterocycles. The highest BCUT2D eigenvalue weighted by Gasteiger charge is 2.05. The zero-order valence-corrected chi connectivity index (χ0v) is 11.0. The molecule has 1 aromatic carbocycles. The van der Waals surface area contributed by atoms with E-state index in [-0.39, 0.29) is 6.61 Å². The zero-order chi connectivity index (χ0) is 13.1. The highest BCUT2D eigenvalue weighted by atomic mass is 16.3. The van der Waals surface area contributed by atoms with Gasteiger partial charge in [-0.2, -0.15) is 0 Å². The first-order valence-electron chi connectivity index (χ1n) is 6.16. The highest BCUT2D eigenvalue weighted by molar-refractivity contribution is 5.55. The molecule has 0 atom stereocenters. The van der Waals surface area contributed by atoms with Gasteiger partial charge in [-0.3, -0.25) is 0 Å². The lowest BCUT2D eigenvalue weighted by atomic mass is 10.0. The van der Waals surface area contributed by atoms with Gasteiger partial charge in [-0.15, -0.1) is 0 Å². The van der Waals surface area contributed by atoms with E-state index in [9.17, 15) is 0 Å². The number of hydrogen-bond donors (Lipinski definition) is 1. The van der Waals surface area contributed by atoms with Gasteiger partial charge in [0.15, 0.2) is 5.82 Å². The average molecular weight is 242 g/mol. The van der Waals surface area contributed by atoms with Crippen molar-refractivity contribution in [2.75, 3.05) is 0 Å². The van der Waals surface area contributed by atoms with Gasteiger partial charge in [0.2, 0.25) is 0 Å². The number of aryl methyl sites for hydroxylation is 1. The molecule has 0 saturated carbocycles. The van der Waals surface area contributed by atoms with Gasteiger partial charge in [0.05, 0.1) is 12.3 Å². The van der Waals surface area contributed by atoms with Gasteiger partial charge < -0.3 is 5.11 Å². The molecule has 0 aliphatic heterocycles. The van der Waals surface area contributed by atoms with Crippen molar-refractivity contribution < 1.29 is 5.11 Å². The third-order valence-corrected chi connectivity index (χ3v) is 2.90. The Morgan fingerprint density at radius 3 is 2.33 bits per heavy atom. The van der Waals surface area contributed by atoms with Crippen molar-refractivity contribution in [3.8, 4) is 11.4 Å². The number of nitrogens with zero attached hydrogens (tertiary/aromatic N) is 2.